The smallest absolute Gasteiger partial charge is 0.0102 e. The largest absolute Gasteiger partial charge is 0.329 e. The third-order valence-corrected chi connectivity index (χ3v) is 3.65. The quantitative estimate of drug-likeness (QED) is 0.472. The summed E-state index contributed by atoms with van der Waals surface area (Å²) >= 11 is 0. The molecule has 110 valence electrons. The molecule has 0 spiro atoms. The fraction of sp³-hybridized carbons (Fsp3) is 1.00. The van der Waals surface area contributed by atoms with Crippen LogP contribution in [0.4, 0.5) is 0 Å². The molecular weight excluding hydrogens is 220 g/mol. The van der Waals surface area contributed by atoms with Crippen LogP contribution in [0.5, 0.6) is 0 Å². The summed E-state index contributed by atoms with van der Waals surface area (Å²) < 4.78 is 0. The highest BCUT2D eigenvalue weighted by molar-refractivity contribution is 4.53. The molecule has 0 saturated carbocycles. The molecular formula is C16H36N2. The van der Waals surface area contributed by atoms with Gasteiger partial charge in [0.05, 0.1) is 0 Å². The van der Waals surface area contributed by atoms with Gasteiger partial charge in [0.2, 0.25) is 0 Å². The normalized spacial score (nSPS) is 11.3. The van der Waals surface area contributed by atoms with Crippen molar-refractivity contribution in [3.8, 4) is 0 Å². The van der Waals surface area contributed by atoms with E-state index < -0.39 is 0 Å². The Labute approximate surface area is 115 Å². The van der Waals surface area contributed by atoms with Crippen molar-refractivity contribution in [1.29, 1.82) is 0 Å². The van der Waals surface area contributed by atoms with Crippen LogP contribution in [0.15, 0.2) is 0 Å². The summed E-state index contributed by atoms with van der Waals surface area (Å²) in [6, 6.07) is 0. The van der Waals surface area contributed by atoms with Crippen molar-refractivity contribution in [2.24, 2.45) is 5.73 Å². The molecule has 0 aliphatic rings. The fourth-order valence-corrected chi connectivity index (χ4v) is 2.38. The summed E-state index contributed by atoms with van der Waals surface area (Å²) in [5.41, 5.74) is 5.52. The van der Waals surface area contributed by atoms with Crippen molar-refractivity contribution >= 4 is 0 Å². The molecule has 18 heavy (non-hydrogen) atoms. The molecule has 0 aliphatic carbocycles. The second kappa shape index (κ2) is 15.0. The van der Waals surface area contributed by atoms with E-state index >= 15 is 0 Å². The monoisotopic (exact) mass is 256 g/mol. The molecule has 0 amide bonds. The summed E-state index contributed by atoms with van der Waals surface area (Å²) in [6.07, 6.45) is 15.6. The van der Waals surface area contributed by atoms with E-state index in [1.165, 1.54) is 77.2 Å². The summed E-state index contributed by atoms with van der Waals surface area (Å²) in [5.74, 6) is 0. The zero-order chi connectivity index (χ0) is 13.5. The number of nitrogens with zero attached hydrogens (tertiary/aromatic N) is 1. The highest BCUT2D eigenvalue weighted by Crippen LogP contribution is 2.11. The lowest BCUT2D eigenvalue weighted by atomic mass is 10.1. The summed E-state index contributed by atoms with van der Waals surface area (Å²) in [5, 5.41) is 0. The number of nitrogens with two attached hydrogens (primary N) is 1. The van der Waals surface area contributed by atoms with E-state index in [-0.39, 0.29) is 0 Å². The second-order valence-electron chi connectivity index (χ2n) is 5.63. The van der Waals surface area contributed by atoms with Gasteiger partial charge >= 0.3 is 0 Å². The first-order chi connectivity index (χ1) is 8.81. The van der Waals surface area contributed by atoms with E-state index in [0.29, 0.717) is 0 Å². The first kappa shape index (κ1) is 17.9. The number of rotatable bonds is 14. The minimum atomic E-state index is 0.786. The van der Waals surface area contributed by atoms with Crippen LogP contribution in [-0.4, -0.2) is 31.6 Å². The number of likely N-dealkylation sites (N-methyl/N-ethyl adjacent to an activating group) is 1. The van der Waals surface area contributed by atoms with E-state index in [4.69, 9.17) is 5.73 Å². The van der Waals surface area contributed by atoms with Crippen molar-refractivity contribution in [2.75, 3.05) is 26.7 Å². The van der Waals surface area contributed by atoms with E-state index in [1.807, 2.05) is 0 Å². The third-order valence-electron chi connectivity index (χ3n) is 3.65. The van der Waals surface area contributed by atoms with Gasteiger partial charge in [-0.25, -0.2) is 0 Å². The van der Waals surface area contributed by atoms with Crippen LogP contribution in [0.1, 0.15) is 77.6 Å². The molecule has 2 N–H and O–H groups in total. The zero-order valence-corrected chi connectivity index (χ0v) is 12.9. The average Bonchev–Trinajstić information content (AvgIpc) is 2.36. The lowest BCUT2D eigenvalue weighted by molar-refractivity contribution is 0.332. The van der Waals surface area contributed by atoms with Crippen LogP contribution >= 0.6 is 0 Å². The number of hydrogen-bond acceptors (Lipinski definition) is 2. The Hall–Kier alpha value is -0.0800. The van der Waals surface area contributed by atoms with Gasteiger partial charge in [-0.15, -0.1) is 0 Å². The Morgan fingerprint density at radius 2 is 1.11 bits per heavy atom. The Kier molecular flexibility index (Phi) is 14.9. The van der Waals surface area contributed by atoms with E-state index in [9.17, 15) is 0 Å². The lowest BCUT2D eigenvalue weighted by Gasteiger charge is -2.14. The van der Waals surface area contributed by atoms with Crippen molar-refractivity contribution in [3.05, 3.63) is 0 Å². The van der Waals surface area contributed by atoms with Gasteiger partial charge in [-0.2, -0.15) is 0 Å². The summed E-state index contributed by atoms with van der Waals surface area (Å²) in [4.78, 5) is 2.34. The molecule has 0 aromatic carbocycles. The highest BCUT2D eigenvalue weighted by atomic mass is 15.1. The molecule has 2 nitrogen and oxygen atoms in total. The topological polar surface area (TPSA) is 29.3 Å². The standard InChI is InChI=1S/C16H36N2/c1-3-4-5-6-7-8-9-10-11-12-13-15-18(2)16-14-17/h3-17H2,1-2H3. The van der Waals surface area contributed by atoms with Crippen LogP contribution in [-0.2, 0) is 0 Å². The van der Waals surface area contributed by atoms with Gasteiger partial charge in [-0.05, 0) is 20.0 Å². The summed E-state index contributed by atoms with van der Waals surface area (Å²) in [6.45, 7) is 5.32. The first-order valence-electron chi connectivity index (χ1n) is 8.20. The maximum atomic E-state index is 5.52. The highest BCUT2D eigenvalue weighted by Gasteiger charge is 1.96. The summed E-state index contributed by atoms with van der Waals surface area (Å²) in [7, 11) is 2.17. The van der Waals surface area contributed by atoms with Crippen LogP contribution in [0.2, 0.25) is 0 Å². The molecule has 0 atom stereocenters. The van der Waals surface area contributed by atoms with Crippen molar-refractivity contribution in [3.63, 3.8) is 0 Å². The van der Waals surface area contributed by atoms with Crippen LogP contribution < -0.4 is 5.73 Å². The molecule has 0 aromatic rings. The number of hydrogen-bond donors (Lipinski definition) is 1. The van der Waals surface area contributed by atoms with E-state index in [0.717, 1.165) is 13.1 Å². The van der Waals surface area contributed by atoms with E-state index in [2.05, 4.69) is 18.9 Å². The van der Waals surface area contributed by atoms with Gasteiger partial charge in [0.1, 0.15) is 0 Å². The van der Waals surface area contributed by atoms with Gasteiger partial charge in [0, 0.05) is 13.1 Å². The maximum Gasteiger partial charge on any atom is 0.0102 e. The van der Waals surface area contributed by atoms with E-state index in [1.54, 1.807) is 0 Å². The Morgan fingerprint density at radius 1 is 0.667 bits per heavy atom. The lowest BCUT2D eigenvalue weighted by Crippen LogP contribution is -2.26. The molecule has 0 heterocycles. The molecule has 0 aromatic heterocycles. The molecule has 0 saturated heterocycles. The van der Waals surface area contributed by atoms with Crippen LogP contribution in [0, 0.1) is 0 Å². The van der Waals surface area contributed by atoms with Crippen molar-refractivity contribution in [2.45, 2.75) is 77.6 Å². The predicted molar refractivity (Wildman–Crippen MR) is 83.0 cm³/mol. The molecule has 0 unspecified atom stereocenters. The van der Waals surface area contributed by atoms with Crippen molar-refractivity contribution in [1.82, 2.24) is 4.90 Å². The average molecular weight is 256 g/mol. The van der Waals surface area contributed by atoms with Crippen LogP contribution in [0.25, 0.3) is 0 Å². The molecule has 0 aliphatic heterocycles. The Balaban J connectivity index is 2.98. The third kappa shape index (κ3) is 14.0. The number of unbranched alkanes of at least 4 members (excludes halogenated alkanes) is 10. The predicted octanol–water partition coefficient (Wildman–Crippen LogP) is 4.19. The minimum absolute atomic E-state index is 0.786. The fourth-order valence-electron chi connectivity index (χ4n) is 2.38. The first-order valence-corrected chi connectivity index (χ1v) is 8.20. The van der Waals surface area contributed by atoms with Gasteiger partial charge in [0.15, 0.2) is 0 Å². The second-order valence-corrected chi connectivity index (χ2v) is 5.63. The minimum Gasteiger partial charge on any atom is -0.329 e. The molecule has 0 bridgehead atoms. The zero-order valence-electron chi connectivity index (χ0n) is 12.9. The molecule has 0 radical (unpaired) electrons. The van der Waals surface area contributed by atoms with Crippen molar-refractivity contribution < 1.29 is 0 Å². The van der Waals surface area contributed by atoms with Gasteiger partial charge < -0.3 is 10.6 Å². The molecule has 0 rings (SSSR count). The Bertz CT molecular complexity index is 148. The molecule has 2 heteroatoms. The van der Waals surface area contributed by atoms with Gasteiger partial charge in [-0.1, -0.05) is 71.1 Å². The van der Waals surface area contributed by atoms with Gasteiger partial charge in [-0.3, -0.25) is 0 Å². The maximum absolute atomic E-state index is 5.52. The Morgan fingerprint density at radius 3 is 1.56 bits per heavy atom. The molecule has 0 fully saturated rings. The van der Waals surface area contributed by atoms with Gasteiger partial charge in [0.25, 0.3) is 0 Å². The SMILES string of the molecule is CCCCCCCCCCCCCN(C)CCN. The van der Waals surface area contributed by atoms with Crippen LogP contribution in [0.3, 0.4) is 0 Å².